The molecule has 0 bridgehead atoms. The van der Waals surface area contributed by atoms with Gasteiger partial charge in [-0.25, -0.2) is 0 Å². The molecule has 0 unspecified atom stereocenters. The summed E-state index contributed by atoms with van der Waals surface area (Å²) in [5, 5.41) is 0. The van der Waals surface area contributed by atoms with Gasteiger partial charge in [0.25, 0.3) is 0 Å². The number of allylic oxidation sites excluding steroid dienone is 1. The van der Waals surface area contributed by atoms with Crippen molar-refractivity contribution in [2.75, 3.05) is 20.8 Å². The van der Waals surface area contributed by atoms with Gasteiger partial charge in [-0.15, -0.1) is 0 Å². The molecule has 72 valence electrons. The Hall–Kier alpha value is -0.323. The van der Waals surface area contributed by atoms with Crippen molar-refractivity contribution in [3.63, 3.8) is 0 Å². The Kier molecular flexibility index (Phi) is 5.20. The van der Waals surface area contributed by atoms with Gasteiger partial charge in [-0.1, -0.05) is 6.58 Å². The summed E-state index contributed by atoms with van der Waals surface area (Å²) in [5.41, 5.74) is 0. The van der Waals surface area contributed by atoms with Gasteiger partial charge in [0, 0.05) is 20.3 Å². The highest BCUT2D eigenvalue weighted by Crippen LogP contribution is 2.11. The first-order valence-corrected chi connectivity index (χ1v) is 6.45. The van der Waals surface area contributed by atoms with E-state index < -0.39 is 8.56 Å². The Morgan fingerprint density at radius 3 is 2.17 bits per heavy atom. The molecule has 12 heavy (non-hydrogen) atoms. The van der Waals surface area contributed by atoms with Gasteiger partial charge < -0.3 is 13.6 Å². The van der Waals surface area contributed by atoms with Crippen molar-refractivity contribution in [3.8, 4) is 0 Å². The second-order valence-corrected chi connectivity index (χ2v) is 6.43. The zero-order valence-electron chi connectivity index (χ0n) is 8.35. The maximum atomic E-state index is 5.28. The van der Waals surface area contributed by atoms with Crippen LogP contribution in [-0.4, -0.2) is 29.4 Å². The summed E-state index contributed by atoms with van der Waals surface area (Å²) in [6.45, 7) is 8.10. The molecule has 3 nitrogen and oxygen atoms in total. The molecular formula is C8H18O3Si. The first kappa shape index (κ1) is 11.7. The molecule has 0 aromatic rings. The highest BCUT2D eigenvalue weighted by Gasteiger charge is 2.28. The summed E-state index contributed by atoms with van der Waals surface area (Å²) >= 11 is 0. The fraction of sp³-hybridized carbons (Fsp3) is 0.750. The Labute approximate surface area is 75.6 Å². The molecule has 0 aliphatic carbocycles. The van der Waals surface area contributed by atoms with E-state index in [1.165, 1.54) is 0 Å². The van der Waals surface area contributed by atoms with E-state index in [0.29, 0.717) is 6.61 Å². The average molecular weight is 190 g/mol. The van der Waals surface area contributed by atoms with E-state index in [4.69, 9.17) is 13.6 Å². The van der Waals surface area contributed by atoms with Crippen LogP contribution in [0.4, 0.5) is 0 Å². The summed E-state index contributed by atoms with van der Waals surface area (Å²) in [7, 11) is 1.42. The summed E-state index contributed by atoms with van der Waals surface area (Å²) in [4.78, 5) is 0. The highest BCUT2D eigenvalue weighted by molar-refractivity contribution is 6.65. The largest absolute Gasteiger partial charge is 0.499 e. The van der Waals surface area contributed by atoms with Crippen molar-refractivity contribution < 1.29 is 13.6 Å². The first-order valence-electron chi connectivity index (χ1n) is 3.92. The molecule has 0 rings (SSSR count). The van der Waals surface area contributed by atoms with Crippen LogP contribution in [0.5, 0.6) is 0 Å². The maximum Gasteiger partial charge on any atom is 0.337 e. The Morgan fingerprint density at radius 2 is 1.83 bits per heavy atom. The fourth-order valence-corrected chi connectivity index (χ4v) is 1.75. The normalized spacial score (nSPS) is 11.3. The second kappa shape index (κ2) is 5.34. The molecule has 0 saturated heterocycles. The third-order valence-corrected chi connectivity index (χ3v) is 4.61. The van der Waals surface area contributed by atoms with Crippen molar-refractivity contribution in [3.05, 3.63) is 12.3 Å². The van der Waals surface area contributed by atoms with Crippen molar-refractivity contribution in [2.24, 2.45) is 0 Å². The second-order valence-electron chi connectivity index (χ2n) is 2.84. The van der Waals surface area contributed by atoms with Crippen LogP contribution in [0, 0.1) is 0 Å². The minimum Gasteiger partial charge on any atom is -0.499 e. The Morgan fingerprint density at radius 1 is 1.33 bits per heavy atom. The molecule has 0 radical (unpaired) electrons. The van der Waals surface area contributed by atoms with Crippen molar-refractivity contribution >= 4 is 8.56 Å². The quantitative estimate of drug-likeness (QED) is 0.473. The fourth-order valence-electron chi connectivity index (χ4n) is 0.698. The molecule has 0 atom stereocenters. The Bertz CT molecular complexity index is 143. The van der Waals surface area contributed by atoms with Crippen LogP contribution in [0.1, 0.15) is 6.92 Å². The number of hydrogen-bond acceptors (Lipinski definition) is 3. The monoisotopic (exact) mass is 190 g/mol. The van der Waals surface area contributed by atoms with Gasteiger partial charge in [0.05, 0.1) is 12.4 Å². The van der Waals surface area contributed by atoms with Crippen LogP contribution in [0.15, 0.2) is 12.3 Å². The molecule has 0 spiro atoms. The summed E-state index contributed by atoms with van der Waals surface area (Å²) < 4.78 is 15.8. The maximum absolute atomic E-state index is 5.28. The van der Waals surface area contributed by atoms with E-state index in [-0.39, 0.29) is 0 Å². The van der Waals surface area contributed by atoms with Crippen LogP contribution < -0.4 is 0 Å². The average Bonchev–Trinajstić information content (AvgIpc) is 2.03. The summed E-state index contributed by atoms with van der Waals surface area (Å²) in [6, 6.07) is 0.826. The van der Waals surface area contributed by atoms with Crippen LogP contribution in [0.2, 0.25) is 12.6 Å². The lowest BCUT2D eigenvalue weighted by Gasteiger charge is -2.22. The van der Waals surface area contributed by atoms with E-state index in [2.05, 4.69) is 6.58 Å². The molecule has 0 fully saturated rings. The van der Waals surface area contributed by atoms with E-state index in [1.807, 2.05) is 13.5 Å². The van der Waals surface area contributed by atoms with Crippen molar-refractivity contribution in [1.82, 2.24) is 0 Å². The van der Waals surface area contributed by atoms with E-state index in [9.17, 15) is 0 Å². The van der Waals surface area contributed by atoms with Gasteiger partial charge in [0.1, 0.15) is 0 Å². The van der Waals surface area contributed by atoms with Crippen molar-refractivity contribution in [2.45, 2.75) is 19.5 Å². The van der Waals surface area contributed by atoms with E-state index in [0.717, 1.165) is 11.8 Å². The molecule has 0 aliphatic heterocycles. The zero-order chi connectivity index (χ0) is 9.61. The number of ether oxygens (including phenoxy) is 1. The summed E-state index contributed by atoms with van der Waals surface area (Å²) in [5.74, 6) is 0.735. The van der Waals surface area contributed by atoms with Gasteiger partial charge >= 0.3 is 8.56 Å². The standard InChI is InChI=1S/C8H18O3Si/c1-8(2)11-6-7-12(5,9-3)10-4/h1,6-7H2,2-5H3. The van der Waals surface area contributed by atoms with E-state index >= 15 is 0 Å². The molecule has 4 heteroatoms. The third-order valence-electron chi connectivity index (χ3n) is 1.77. The molecule has 0 aromatic heterocycles. The predicted molar refractivity (Wildman–Crippen MR) is 51.2 cm³/mol. The SMILES string of the molecule is C=C(C)OCC[Si](C)(OC)OC. The van der Waals surface area contributed by atoms with Crippen LogP contribution in [0.25, 0.3) is 0 Å². The van der Waals surface area contributed by atoms with Crippen LogP contribution >= 0.6 is 0 Å². The lowest BCUT2D eigenvalue weighted by atomic mass is 10.6. The predicted octanol–water partition coefficient (Wildman–Crippen LogP) is 1.90. The van der Waals surface area contributed by atoms with Gasteiger partial charge in [0.2, 0.25) is 0 Å². The van der Waals surface area contributed by atoms with Gasteiger partial charge in [-0.2, -0.15) is 0 Å². The topological polar surface area (TPSA) is 27.7 Å². The lowest BCUT2D eigenvalue weighted by molar-refractivity contribution is 0.200. The molecule has 0 aromatic carbocycles. The molecule has 0 N–H and O–H groups in total. The van der Waals surface area contributed by atoms with Gasteiger partial charge in [-0.3, -0.25) is 0 Å². The minimum absolute atomic E-state index is 0.625. The van der Waals surface area contributed by atoms with Crippen molar-refractivity contribution in [1.29, 1.82) is 0 Å². The number of rotatable bonds is 6. The summed E-state index contributed by atoms with van der Waals surface area (Å²) in [6.07, 6.45) is 0. The lowest BCUT2D eigenvalue weighted by Crippen LogP contribution is -2.37. The zero-order valence-corrected chi connectivity index (χ0v) is 9.35. The number of hydrogen-bond donors (Lipinski definition) is 0. The smallest absolute Gasteiger partial charge is 0.337 e. The molecule has 0 heterocycles. The van der Waals surface area contributed by atoms with Crippen LogP contribution in [0.3, 0.4) is 0 Å². The highest BCUT2D eigenvalue weighted by atomic mass is 28.4. The Balaban J connectivity index is 3.65. The molecule has 0 amide bonds. The van der Waals surface area contributed by atoms with E-state index in [1.54, 1.807) is 14.2 Å². The molecular weight excluding hydrogens is 172 g/mol. The molecule has 0 saturated carbocycles. The molecule has 0 aliphatic rings. The van der Waals surface area contributed by atoms with Gasteiger partial charge in [-0.05, 0) is 13.5 Å². The first-order chi connectivity index (χ1) is 5.54. The van der Waals surface area contributed by atoms with Crippen LogP contribution in [-0.2, 0) is 13.6 Å². The minimum atomic E-state index is -1.93. The third kappa shape index (κ3) is 4.53. The van der Waals surface area contributed by atoms with Gasteiger partial charge in [0.15, 0.2) is 0 Å².